The van der Waals surface area contributed by atoms with Crippen LogP contribution in [-0.2, 0) is 57.6 Å². The first-order chi connectivity index (χ1) is 40.4. The van der Waals surface area contributed by atoms with Crippen LogP contribution in [-0.4, -0.2) is 173 Å². The Morgan fingerprint density at radius 1 is 0.679 bits per heavy atom. The number of guanidine groups is 1. The SMILES string of the molecule is CCNC(=O)C1CCCN1C(=O)C(CCCN=C(N)N)NC(=O)C(CC(C)C)NC(=O)C(Cc1c[nH]c2ccccc12)NC(=O)C(Cc1ccc(O)cc1)NC(=O)C(CO)NC(=O)C(Cc1cccc2ccccc12)NC(=O)N1CCOCC1. The number of hydrogen-bond acceptors (Lipinski definition) is 12. The van der Waals surface area contributed by atoms with Gasteiger partial charge >= 0.3 is 6.03 Å². The van der Waals surface area contributed by atoms with Gasteiger partial charge in [-0.15, -0.1) is 0 Å². The van der Waals surface area contributed by atoms with E-state index in [-0.39, 0.29) is 88.2 Å². The number of H-pyrrole nitrogens is 1. The van der Waals surface area contributed by atoms with Crippen LogP contribution in [0.4, 0.5) is 4.79 Å². The molecule has 24 heteroatoms. The minimum Gasteiger partial charge on any atom is -0.508 e. The van der Waals surface area contributed by atoms with Crippen LogP contribution in [0.1, 0.15) is 69.6 Å². The van der Waals surface area contributed by atoms with Gasteiger partial charge in [-0.1, -0.05) is 86.6 Å². The van der Waals surface area contributed by atoms with Crippen LogP contribution >= 0.6 is 0 Å². The monoisotopic (exact) mass is 1160 g/mol. The maximum absolute atomic E-state index is 15.0. The fourth-order valence-corrected chi connectivity index (χ4v) is 10.5. The van der Waals surface area contributed by atoms with E-state index in [0.29, 0.717) is 43.7 Å². The van der Waals surface area contributed by atoms with Crippen molar-refractivity contribution >= 4 is 75.0 Å². The highest BCUT2D eigenvalue weighted by molar-refractivity contribution is 5.99. The lowest BCUT2D eigenvalue weighted by Crippen LogP contribution is -2.61. The average molecular weight is 1160 g/mol. The summed E-state index contributed by atoms with van der Waals surface area (Å²) in [7, 11) is 0. The van der Waals surface area contributed by atoms with Crippen molar-refractivity contribution in [3.05, 3.63) is 114 Å². The molecule has 7 rings (SSSR count). The number of aromatic nitrogens is 1. The summed E-state index contributed by atoms with van der Waals surface area (Å²) in [6.07, 6.45) is 2.84. The molecule has 2 aliphatic rings. The summed E-state index contributed by atoms with van der Waals surface area (Å²) in [5, 5.41) is 42.8. The van der Waals surface area contributed by atoms with E-state index in [0.717, 1.165) is 27.2 Å². The number of urea groups is 1. The zero-order valence-electron chi connectivity index (χ0n) is 47.7. The number of aliphatic imine (C=N–C) groups is 1. The summed E-state index contributed by atoms with van der Waals surface area (Å²) in [5.74, 6) is -5.31. The Hall–Kier alpha value is -8.77. The lowest BCUT2D eigenvalue weighted by Gasteiger charge is -2.30. The molecule has 0 radical (unpaired) electrons. The van der Waals surface area contributed by atoms with E-state index >= 15 is 0 Å². The first-order valence-electron chi connectivity index (χ1n) is 28.6. The van der Waals surface area contributed by atoms with E-state index in [4.69, 9.17) is 16.2 Å². The molecule has 2 aliphatic heterocycles. The fourth-order valence-electron chi connectivity index (χ4n) is 10.5. The number of likely N-dealkylation sites (tertiary alicyclic amines) is 1. The molecule has 1 aromatic heterocycles. The molecule has 0 saturated carbocycles. The minimum atomic E-state index is -1.66. The van der Waals surface area contributed by atoms with Crippen molar-refractivity contribution in [1.82, 2.24) is 52.0 Å². The molecule has 14 N–H and O–H groups in total. The number of likely N-dealkylation sites (N-methyl/N-ethyl adjacent to an activating group) is 1. The van der Waals surface area contributed by atoms with Crippen LogP contribution in [0.3, 0.4) is 0 Å². The smallest absolute Gasteiger partial charge is 0.318 e. The highest BCUT2D eigenvalue weighted by atomic mass is 16.5. The summed E-state index contributed by atoms with van der Waals surface area (Å²) in [6.45, 7) is 6.52. The number of morpholine rings is 1. The average Bonchev–Trinajstić information content (AvgIpc) is 4.30. The first kappa shape index (κ1) is 62.8. The number of nitrogens with two attached hydrogens (primary N) is 2. The maximum atomic E-state index is 15.0. The van der Waals surface area contributed by atoms with E-state index in [1.165, 1.54) is 34.1 Å². The fraction of sp³-hybridized carbons (Fsp3) is 0.450. The molecule has 0 aliphatic carbocycles. The molecule has 3 heterocycles. The summed E-state index contributed by atoms with van der Waals surface area (Å²) < 4.78 is 5.42. The molecule has 4 aromatic carbocycles. The van der Waals surface area contributed by atoms with Gasteiger partial charge in [0.2, 0.25) is 41.4 Å². The quantitative estimate of drug-likeness (QED) is 0.0200. The summed E-state index contributed by atoms with van der Waals surface area (Å²) in [4.78, 5) is 125. The zero-order chi connectivity index (χ0) is 60.3. The van der Waals surface area contributed by atoms with E-state index in [9.17, 15) is 48.6 Å². The summed E-state index contributed by atoms with van der Waals surface area (Å²) in [6, 6.07) is 16.8. The normalized spacial score (nSPS) is 16.3. The molecule has 9 amide bonds. The lowest BCUT2D eigenvalue weighted by atomic mass is 9.98. The summed E-state index contributed by atoms with van der Waals surface area (Å²) in [5.41, 5.74) is 13.7. The number of hydrogen-bond donors (Lipinski definition) is 12. The molecule has 5 aromatic rings. The number of para-hydroxylation sites is 1. The van der Waals surface area contributed by atoms with Crippen LogP contribution in [0.2, 0.25) is 0 Å². The molecular formula is C60H79N13O11. The number of aliphatic hydroxyl groups excluding tert-OH is 1. The van der Waals surface area contributed by atoms with Gasteiger partial charge in [0.25, 0.3) is 0 Å². The van der Waals surface area contributed by atoms with Gasteiger partial charge in [-0.25, -0.2) is 4.79 Å². The van der Waals surface area contributed by atoms with E-state index in [2.05, 4.69) is 47.2 Å². The first-order valence-corrected chi connectivity index (χ1v) is 28.6. The van der Waals surface area contributed by atoms with Gasteiger partial charge in [-0.3, -0.25) is 38.6 Å². The number of carbonyl (C=O) groups excluding carboxylic acids is 8. The zero-order valence-corrected chi connectivity index (χ0v) is 47.7. The Bertz CT molecular complexity index is 3120. The topological polar surface area (TPSA) is 357 Å². The van der Waals surface area contributed by atoms with Gasteiger partial charge in [0.15, 0.2) is 5.96 Å². The Morgan fingerprint density at radius 2 is 1.26 bits per heavy atom. The number of aromatic hydroxyl groups is 1. The second kappa shape index (κ2) is 30.5. The number of nitrogens with one attached hydrogen (secondary N) is 8. The van der Waals surface area contributed by atoms with Gasteiger partial charge in [-0.05, 0) is 90.6 Å². The molecule has 7 atom stereocenters. The number of carbonyl (C=O) groups is 8. The molecule has 2 saturated heterocycles. The predicted octanol–water partition coefficient (Wildman–Crippen LogP) is 1.11. The van der Waals surface area contributed by atoms with Crippen LogP contribution in [0.15, 0.2) is 102 Å². The number of amides is 9. The van der Waals surface area contributed by atoms with Crippen molar-refractivity contribution in [3.8, 4) is 5.75 Å². The Labute approximate surface area is 487 Å². The van der Waals surface area contributed by atoms with E-state index in [1.54, 1.807) is 13.1 Å². The minimum absolute atomic E-state index is 0.00607. The van der Waals surface area contributed by atoms with Crippen LogP contribution < -0.4 is 48.7 Å². The largest absolute Gasteiger partial charge is 0.508 e. The third-order valence-corrected chi connectivity index (χ3v) is 14.9. The van der Waals surface area contributed by atoms with Crippen molar-refractivity contribution in [2.75, 3.05) is 52.5 Å². The second-order valence-electron chi connectivity index (χ2n) is 21.5. The highest BCUT2D eigenvalue weighted by Gasteiger charge is 2.39. The van der Waals surface area contributed by atoms with Crippen molar-refractivity contribution < 1.29 is 53.3 Å². The number of fused-ring (bicyclic) bond motifs is 2. The number of phenolic OH excluding ortho intramolecular Hbond substituents is 1. The van der Waals surface area contributed by atoms with Crippen molar-refractivity contribution in [2.45, 2.75) is 114 Å². The van der Waals surface area contributed by atoms with Crippen LogP contribution in [0.5, 0.6) is 5.75 Å². The third-order valence-electron chi connectivity index (χ3n) is 14.9. The number of ether oxygens (including phenoxy) is 1. The lowest BCUT2D eigenvalue weighted by molar-refractivity contribution is -0.142. The van der Waals surface area contributed by atoms with Crippen molar-refractivity contribution in [3.63, 3.8) is 0 Å². The van der Waals surface area contributed by atoms with E-state index < -0.39 is 90.4 Å². The van der Waals surface area contributed by atoms with Gasteiger partial charge in [0.05, 0.1) is 19.8 Å². The van der Waals surface area contributed by atoms with Crippen molar-refractivity contribution in [2.24, 2.45) is 22.4 Å². The number of rotatable bonds is 27. The highest BCUT2D eigenvalue weighted by Crippen LogP contribution is 2.24. The Balaban J connectivity index is 1.15. The molecule has 450 valence electrons. The number of nitrogens with zero attached hydrogens (tertiary/aromatic N) is 3. The standard InChI is InChI=1S/C60H79N13O11/c1-4-63-57(81)51-19-11-25-73(51)58(82)45(18-10-24-64-59(61)62)66-52(76)46(30-36(2)3)67-54(78)48(33-40-34-65-44-17-8-7-16-43(40)44)69-53(77)47(31-37-20-22-41(75)23-21-37)68-56(80)50(35-74)70-55(79)49(71-60(83)72-26-28-84-29-27-72)32-39-14-9-13-38-12-5-6-15-42(38)39/h5-9,12-17,20-23,34,36,45-51,65,74-75H,4,10-11,18-19,24-33,35H2,1-3H3,(H,63,81)(H,66,76)(H,67,78)(H,68,80)(H,69,77)(H,70,79)(H,71,83)(H4,61,62,64). The molecule has 84 heavy (non-hydrogen) atoms. The number of phenols is 1. The van der Waals surface area contributed by atoms with Crippen molar-refractivity contribution in [1.29, 1.82) is 0 Å². The number of benzene rings is 4. The molecule has 2 fully saturated rings. The van der Waals surface area contributed by atoms with Crippen LogP contribution in [0, 0.1) is 5.92 Å². The van der Waals surface area contributed by atoms with Gasteiger partial charge in [-0.2, -0.15) is 0 Å². The third kappa shape index (κ3) is 17.4. The maximum Gasteiger partial charge on any atom is 0.318 e. The van der Waals surface area contributed by atoms with Gasteiger partial charge in [0, 0.05) is 69.1 Å². The molecule has 24 nitrogen and oxygen atoms in total. The molecular weight excluding hydrogens is 1080 g/mol. The summed E-state index contributed by atoms with van der Waals surface area (Å²) >= 11 is 0. The second-order valence-corrected chi connectivity index (χ2v) is 21.5. The molecule has 0 bridgehead atoms. The molecule has 7 unspecified atom stereocenters. The number of aromatic amines is 1. The van der Waals surface area contributed by atoms with Crippen LogP contribution in [0.25, 0.3) is 21.7 Å². The Morgan fingerprint density at radius 3 is 1.94 bits per heavy atom. The van der Waals surface area contributed by atoms with Gasteiger partial charge < -0.3 is 78.4 Å². The molecule has 0 spiro atoms. The van der Waals surface area contributed by atoms with E-state index in [1.807, 2.05) is 80.6 Å². The number of aliphatic hydroxyl groups is 1. The van der Waals surface area contributed by atoms with Gasteiger partial charge in [0.1, 0.15) is 48.0 Å². The Kier molecular flexibility index (Phi) is 22.8. The predicted molar refractivity (Wildman–Crippen MR) is 316 cm³/mol.